The van der Waals surface area contributed by atoms with E-state index in [9.17, 15) is 12.8 Å². The van der Waals surface area contributed by atoms with Gasteiger partial charge in [0.25, 0.3) is 10.1 Å². The molecule has 0 radical (unpaired) electrons. The van der Waals surface area contributed by atoms with Gasteiger partial charge in [0.15, 0.2) is 0 Å². The summed E-state index contributed by atoms with van der Waals surface area (Å²) < 4.78 is 41.8. The van der Waals surface area contributed by atoms with E-state index in [-0.39, 0.29) is 12.4 Å². The van der Waals surface area contributed by atoms with Crippen molar-refractivity contribution in [1.82, 2.24) is 0 Å². The fourth-order valence-electron chi connectivity index (χ4n) is 2.43. The molecule has 0 amide bonds. The first-order valence-corrected chi connectivity index (χ1v) is 10.3. The first kappa shape index (κ1) is 24.1. The monoisotopic (exact) mass is 342 g/mol. The van der Waals surface area contributed by atoms with Crippen molar-refractivity contribution in [2.24, 2.45) is 0 Å². The molecule has 0 saturated heterocycles. The Labute approximate surface area is 137 Å². The van der Waals surface area contributed by atoms with E-state index in [1.165, 1.54) is 30.7 Å². The molecule has 0 aliphatic heterocycles. The number of hydrogen-bond donors (Lipinski definition) is 1. The zero-order valence-corrected chi connectivity index (χ0v) is 15.8. The van der Waals surface area contributed by atoms with Crippen molar-refractivity contribution >= 4 is 10.1 Å². The van der Waals surface area contributed by atoms with Gasteiger partial charge in [-0.15, -0.1) is 0 Å². The summed E-state index contributed by atoms with van der Waals surface area (Å²) in [6.07, 6.45) is 4.59. The van der Waals surface area contributed by atoms with Crippen LogP contribution in [0.5, 0.6) is 0 Å². The summed E-state index contributed by atoms with van der Waals surface area (Å²) in [5.74, 6) is -0.157. The van der Waals surface area contributed by atoms with Crippen LogP contribution in [0.25, 0.3) is 0 Å². The number of nitrogens with zero attached hydrogens (tertiary/aromatic N) is 1. The maximum absolute atomic E-state index is 11.6. The number of unbranched alkanes of at least 4 members (excludes halogenated alkanes) is 5. The molecule has 0 saturated carbocycles. The van der Waals surface area contributed by atoms with E-state index < -0.39 is 10.1 Å². The van der Waals surface area contributed by atoms with Crippen molar-refractivity contribution in [3.63, 3.8) is 0 Å². The molecule has 0 bridgehead atoms. The van der Waals surface area contributed by atoms with Crippen molar-refractivity contribution in [3.8, 4) is 0 Å². The second-order valence-electron chi connectivity index (χ2n) is 5.70. The van der Waals surface area contributed by atoms with E-state index in [0.717, 1.165) is 25.7 Å². The van der Waals surface area contributed by atoms with Crippen LogP contribution in [0.1, 0.15) is 66.2 Å². The van der Waals surface area contributed by atoms with Gasteiger partial charge < -0.3 is 4.48 Å². The third kappa shape index (κ3) is 14.7. The van der Waals surface area contributed by atoms with Crippen LogP contribution >= 0.6 is 0 Å². The standard InChI is InChI=1S/C8H17FO3S.C8H20N/c9-7-5-3-1-2-4-6-8-13(10,11)12;1-5-9(6-2,7-3)8-4/h1-8H2,(H,10,11,12);5-8H2,1-4H3/q;+1. The number of rotatable bonds is 12. The van der Waals surface area contributed by atoms with Gasteiger partial charge in [-0.2, -0.15) is 8.42 Å². The van der Waals surface area contributed by atoms with Gasteiger partial charge in [-0.25, -0.2) is 0 Å². The molecule has 22 heavy (non-hydrogen) atoms. The minimum atomic E-state index is -3.78. The summed E-state index contributed by atoms with van der Waals surface area (Å²) >= 11 is 0. The van der Waals surface area contributed by atoms with E-state index in [2.05, 4.69) is 27.7 Å². The Morgan fingerprint density at radius 1 is 0.773 bits per heavy atom. The fraction of sp³-hybridized carbons (Fsp3) is 1.00. The van der Waals surface area contributed by atoms with Gasteiger partial charge in [0, 0.05) is 0 Å². The Morgan fingerprint density at radius 3 is 1.41 bits per heavy atom. The molecule has 0 spiro atoms. The van der Waals surface area contributed by atoms with Crippen molar-refractivity contribution in [3.05, 3.63) is 0 Å². The van der Waals surface area contributed by atoms with Crippen LogP contribution in [-0.4, -0.2) is 56.1 Å². The second-order valence-corrected chi connectivity index (χ2v) is 7.27. The molecule has 136 valence electrons. The van der Waals surface area contributed by atoms with Gasteiger partial charge in [-0.3, -0.25) is 8.94 Å². The van der Waals surface area contributed by atoms with Crippen LogP contribution in [0.3, 0.4) is 0 Å². The van der Waals surface area contributed by atoms with E-state index in [0.29, 0.717) is 12.8 Å². The van der Waals surface area contributed by atoms with Crippen molar-refractivity contribution in [1.29, 1.82) is 0 Å². The summed E-state index contributed by atoms with van der Waals surface area (Å²) in [6.45, 7) is 13.9. The molecule has 0 aromatic heterocycles. The molecule has 0 aliphatic carbocycles. The third-order valence-corrected chi connectivity index (χ3v) is 5.27. The molecule has 0 unspecified atom stereocenters. The predicted octanol–water partition coefficient (Wildman–Crippen LogP) is 4.07. The smallest absolute Gasteiger partial charge is 0.264 e. The van der Waals surface area contributed by atoms with E-state index in [4.69, 9.17) is 4.55 Å². The normalized spacial score (nSPS) is 11.9. The Bertz CT molecular complexity index is 313. The number of hydrogen-bond acceptors (Lipinski definition) is 2. The summed E-state index contributed by atoms with van der Waals surface area (Å²) in [5, 5.41) is 0. The zero-order valence-electron chi connectivity index (χ0n) is 15.0. The first-order chi connectivity index (χ1) is 10.3. The summed E-state index contributed by atoms with van der Waals surface area (Å²) in [4.78, 5) is 0. The minimum absolute atomic E-state index is 0.157. The molecule has 0 aromatic rings. The molecule has 0 aliphatic rings. The molecular formula is C16H37FNO3S+. The van der Waals surface area contributed by atoms with E-state index >= 15 is 0 Å². The lowest BCUT2D eigenvalue weighted by molar-refractivity contribution is -0.921. The van der Waals surface area contributed by atoms with Gasteiger partial charge in [0.1, 0.15) is 0 Å². The zero-order chi connectivity index (χ0) is 17.5. The Kier molecular flexibility index (Phi) is 15.7. The number of quaternary nitrogens is 1. The van der Waals surface area contributed by atoms with Gasteiger partial charge in [-0.05, 0) is 40.5 Å². The lowest BCUT2D eigenvalue weighted by Crippen LogP contribution is -2.47. The van der Waals surface area contributed by atoms with Crippen LogP contribution in [-0.2, 0) is 10.1 Å². The second kappa shape index (κ2) is 14.4. The van der Waals surface area contributed by atoms with Crippen LogP contribution in [0.4, 0.5) is 4.39 Å². The van der Waals surface area contributed by atoms with Crippen molar-refractivity contribution in [2.75, 3.05) is 38.6 Å². The highest BCUT2D eigenvalue weighted by Crippen LogP contribution is 2.06. The van der Waals surface area contributed by atoms with Gasteiger partial charge >= 0.3 is 0 Å². The van der Waals surface area contributed by atoms with Crippen molar-refractivity contribution in [2.45, 2.75) is 66.2 Å². The molecule has 0 heterocycles. The van der Waals surface area contributed by atoms with Crippen LogP contribution < -0.4 is 0 Å². The largest absolute Gasteiger partial charge is 0.325 e. The first-order valence-electron chi connectivity index (χ1n) is 8.67. The Hall–Kier alpha value is -0.200. The predicted molar refractivity (Wildman–Crippen MR) is 92.5 cm³/mol. The van der Waals surface area contributed by atoms with Gasteiger partial charge in [0.2, 0.25) is 0 Å². The molecule has 0 fully saturated rings. The molecule has 0 aromatic carbocycles. The molecule has 0 rings (SSSR count). The summed E-state index contributed by atoms with van der Waals surface area (Å²) in [5.41, 5.74) is 0. The molecule has 4 nitrogen and oxygen atoms in total. The molecule has 1 N–H and O–H groups in total. The third-order valence-electron chi connectivity index (χ3n) is 4.47. The van der Waals surface area contributed by atoms with E-state index in [1.807, 2.05) is 0 Å². The minimum Gasteiger partial charge on any atom is -0.325 e. The van der Waals surface area contributed by atoms with Crippen LogP contribution in [0.15, 0.2) is 0 Å². The van der Waals surface area contributed by atoms with E-state index in [1.54, 1.807) is 0 Å². The molecule has 0 atom stereocenters. The maximum Gasteiger partial charge on any atom is 0.264 e. The lowest BCUT2D eigenvalue weighted by atomic mass is 10.1. The van der Waals surface area contributed by atoms with Crippen LogP contribution in [0, 0.1) is 0 Å². The topological polar surface area (TPSA) is 54.4 Å². The number of halogens is 1. The molecular weight excluding hydrogens is 305 g/mol. The summed E-state index contributed by atoms with van der Waals surface area (Å²) in [6, 6.07) is 0. The average Bonchev–Trinajstić information content (AvgIpc) is 2.49. The highest BCUT2D eigenvalue weighted by molar-refractivity contribution is 7.85. The Morgan fingerprint density at radius 2 is 1.14 bits per heavy atom. The van der Waals surface area contributed by atoms with Crippen LogP contribution in [0.2, 0.25) is 0 Å². The lowest BCUT2D eigenvalue weighted by Gasteiger charge is -2.34. The Balaban J connectivity index is 0. The van der Waals surface area contributed by atoms with Gasteiger partial charge in [-0.1, -0.05) is 25.7 Å². The maximum atomic E-state index is 11.6. The number of alkyl halides is 1. The van der Waals surface area contributed by atoms with Crippen molar-refractivity contribution < 1.29 is 21.8 Å². The highest BCUT2D eigenvalue weighted by atomic mass is 32.2. The van der Waals surface area contributed by atoms with Gasteiger partial charge in [0.05, 0.1) is 38.6 Å². The average molecular weight is 343 g/mol. The summed E-state index contributed by atoms with van der Waals surface area (Å²) in [7, 11) is -3.78. The quantitative estimate of drug-likeness (QED) is 0.330. The highest BCUT2D eigenvalue weighted by Gasteiger charge is 2.16. The fourth-order valence-corrected chi connectivity index (χ4v) is 3.00. The SMILES string of the molecule is CC[N+](CC)(CC)CC.O=S(=O)(O)CCCCCCCCF. The molecule has 6 heteroatoms.